The monoisotopic (exact) mass is 245 g/mol. The van der Waals surface area contributed by atoms with Crippen molar-refractivity contribution in [2.75, 3.05) is 12.4 Å². The average Bonchev–Trinajstić information content (AvgIpc) is 2.82. The van der Waals surface area contributed by atoms with Crippen molar-refractivity contribution >= 4 is 11.7 Å². The second-order valence-corrected chi connectivity index (χ2v) is 3.82. The van der Waals surface area contributed by atoms with Crippen LogP contribution in [0.3, 0.4) is 0 Å². The number of aryl methyl sites for hydroxylation is 1. The molecule has 1 amide bonds. The van der Waals surface area contributed by atoms with Crippen molar-refractivity contribution in [1.29, 1.82) is 0 Å². The number of anilines is 1. The van der Waals surface area contributed by atoms with Crippen molar-refractivity contribution in [1.82, 2.24) is 20.1 Å². The minimum atomic E-state index is -0.210. The molecule has 0 fully saturated rings. The fourth-order valence-corrected chi connectivity index (χ4v) is 1.52. The smallest absolute Gasteiger partial charge is 0.270 e. The van der Waals surface area contributed by atoms with Crippen LogP contribution in [0.2, 0.25) is 0 Å². The van der Waals surface area contributed by atoms with Crippen LogP contribution in [0.4, 0.5) is 5.82 Å². The predicted octanol–water partition coefficient (Wildman–Crippen LogP) is 0.787. The average molecular weight is 245 g/mol. The van der Waals surface area contributed by atoms with E-state index in [1.807, 2.05) is 19.3 Å². The van der Waals surface area contributed by atoms with Gasteiger partial charge in [0.25, 0.3) is 5.91 Å². The highest BCUT2D eigenvalue weighted by Gasteiger charge is 2.08. The first kappa shape index (κ1) is 12.1. The van der Waals surface area contributed by atoms with Gasteiger partial charge in [0, 0.05) is 20.3 Å². The molecule has 0 atom stereocenters. The fraction of sp³-hybridized carbons (Fsp3) is 0.250. The molecule has 0 unspecified atom stereocenters. The molecule has 0 spiro atoms. The van der Waals surface area contributed by atoms with E-state index in [-0.39, 0.29) is 5.91 Å². The molecule has 0 aliphatic carbocycles. The van der Waals surface area contributed by atoms with Gasteiger partial charge in [0.1, 0.15) is 11.5 Å². The number of rotatable bonds is 4. The van der Waals surface area contributed by atoms with Crippen molar-refractivity contribution in [3.8, 4) is 0 Å². The van der Waals surface area contributed by atoms with Crippen LogP contribution in [0, 0.1) is 0 Å². The van der Waals surface area contributed by atoms with Crippen LogP contribution in [-0.2, 0) is 13.6 Å². The van der Waals surface area contributed by atoms with Crippen LogP contribution in [0.5, 0.6) is 0 Å². The third-order valence-electron chi connectivity index (χ3n) is 2.44. The topological polar surface area (TPSA) is 71.8 Å². The molecule has 0 aliphatic heterocycles. The Bertz CT molecular complexity index is 549. The van der Waals surface area contributed by atoms with Gasteiger partial charge >= 0.3 is 0 Å². The molecular weight excluding hydrogens is 230 g/mol. The quantitative estimate of drug-likeness (QED) is 0.835. The molecule has 94 valence electrons. The van der Waals surface area contributed by atoms with Gasteiger partial charge in [-0.15, -0.1) is 0 Å². The van der Waals surface area contributed by atoms with Crippen molar-refractivity contribution in [3.05, 3.63) is 41.9 Å². The lowest BCUT2D eigenvalue weighted by molar-refractivity contribution is 0.0945. The Morgan fingerprint density at radius 1 is 1.39 bits per heavy atom. The second kappa shape index (κ2) is 5.31. The summed E-state index contributed by atoms with van der Waals surface area (Å²) in [7, 11) is 3.60. The zero-order valence-corrected chi connectivity index (χ0v) is 10.3. The van der Waals surface area contributed by atoms with Crippen LogP contribution in [-0.4, -0.2) is 27.7 Å². The number of pyridine rings is 1. The van der Waals surface area contributed by atoms with E-state index in [9.17, 15) is 4.79 Å². The highest BCUT2D eigenvalue weighted by molar-refractivity contribution is 5.92. The summed E-state index contributed by atoms with van der Waals surface area (Å²) in [5.74, 6) is 0.457. The summed E-state index contributed by atoms with van der Waals surface area (Å²) in [6, 6.07) is 7.12. The van der Waals surface area contributed by atoms with Gasteiger partial charge in [0.2, 0.25) is 0 Å². The van der Waals surface area contributed by atoms with Crippen LogP contribution < -0.4 is 10.6 Å². The second-order valence-electron chi connectivity index (χ2n) is 3.82. The van der Waals surface area contributed by atoms with Crippen LogP contribution >= 0.6 is 0 Å². The fourth-order valence-electron chi connectivity index (χ4n) is 1.52. The largest absolute Gasteiger partial charge is 0.373 e. The predicted molar refractivity (Wildman–Crippen MR) is 68.2 cm³/mol. The zero-order valence-electron chi connectivity index (χ0n) is 10.3. The van der Waals surface area contributed by atoms with E-state index in [2.05, 4.69) is 20.7 Å². The summed E-state index contributed by atoms with van der Waals surface area (Å²) >= 11 is 0. The normalized spacial score (nSPS) is 10.1. The molecular formula is C12H15N5O. The first-order valence-corrected chi connectivity index (χ1v) is 5.60. The van der Waals surface area contributed by atoms with E-state index < -0.39 is 0 Å². The third-order valence-corrected chi connectivity index (χ3v) is 2.44. The van der Waals surface area contributed by atoms with Crippen LogP contribution in [0.25, 0.3) is 0 Å². The number of aromatic nitrogens is 3. The molecule has 0 bridgehead atoms. The lowest BCUT2D eigenvalue weighted by Gasteiger charge is -2.04. The van der Waals surface area contributed by atoms with Crippen molar-refractivity contribution in [2.24, 2.45) is 7.05 Å². The molecule has 6 nitrogen and oxygen atoms in total. The zero-order chi connectivity index (χ0) is 13.0. The van der Waals surface area contributed by atoms with Crippen LogP contribution in [0.15, 0.2) is 30.5 Å². The molecule has 0 saturated heterocycles. The first-order chi connectivity index (χ1) is 8.69. The van der Waals surface area contributed by atoms with Gasteiger partial charge in [-0.2, -0.15) is 5.10 Å². The van der Waals surface area contributed by atoms with Gasteiger partial charge < -0.3 is 10.6 Å². The lowest BCUT2D eigenvalue weighted by Crippen LogP contribution is -2.24. The number of hydrogen-bond acceptors (Lipinski definition) is 4. The Hall–Kier alpha value is -2.37. The van der Waals surface area contributed by atoms with Gasteiger partial charge in [-0.3, -0.25) is 9.48 Å². The molecule has 0 aromatic carbocycles. The Morgan fingerprint density at radius 3 is 2.89 bits per heavy atom. The molecule has 18 heavy (non-hydrogen) atoms. The summed E-state index contributed by atoms with van der Waals surface area (Å²) in [6.07, 6.45) is 1.83. The number of amides is 1. The highest BCUT2D eigenvalue weighted by Crippen LogP contribution is 2.04. The van der Waals surface area contributed by atoms with Gasteiger partial charge in [0.15, 0.2) is 0 Å². The van der Waals surface area contributed by atoms with E-state index in [0.29, 0.717) is 18.1 Å². The summed E-state index contributed by atoms with van der Waals surface area (Å²) in [4.78, 5) is 16.0. The summed E-state index contributed by atoms with van der Waals surface area (Å²) in [5, 5.41) is 9.85. The van der Waals surface area contributed by atoms with E-state index in [0.717, 1.165) is 5.69 Å². The molecule has 6 heteroatoms. The highest BCUT2D eigenvalue weighted by atomic mass is 16.1. The minimum Gasteiger partial charge on any atom is -0.373 e. The molecule has 2 rings (SSSR count). The molecule has 0 radical (unpaired) electrons. The molecule has 2 aromatic rings. The Balaban J connectivity index is 1.99. The SMILES string of the molecule is CNc1cccc(C(=O)NCc2ccn(C)n2)n1. The summed E-state index contributed by atoms with van der Waals surface area (Å²) < 4.78 is 1.70. The maximum absolute atomic E-state index is 11.9. The van der Waals surface area contributed by atoms with E-state index in [1.54, 1.807) is 29.9 Å². The standard InChI is InChI=1S/C12H15N5O/c1-13-11-5-3-4-10(15-11)12(18)14-8-9-6-7-17(2)16-9/h3-7H,8H2,1-2H3,(H,13,15)(H,14,18). The Labute approximate surface area is 105 Å². The number of nitrogens with zero attached hydrogens (tertiary/aromatic N) is 3. The van der Waals surface area contributed by atoms with Gasteiger partial charge in [0.05, 0.1) is 12.2 Å². The van der Waals surface area contributed by atoms with Gasteiger partial charge in [-0.05, 0) is 18.2 Å². The molecule has 2 aromatic heterocycles. The third kappa shape index (κ3) is 2.85. The van der Waals surface area contributed by atoms with Crippen molar-refractivity contribution in [3.63, 3.8) is 0 Å². The Kier molecular flexibility index (Phi) is 3.57. The van der Waals surface area contributed by atoms with Crippen LogP contribution in [0.1, 0.15) is 16.2 Å². The van der Waals surface area contributed by atoms with E-state index in [1.165, 1.54) is 0 Å². The molecule has 0 aliphatic rings. The summed E-state index contributed by atoms with van der Waals surface area (Å²) in [5.41, 5.74) is 1.20. The maximum Gasteiger partial charge on any atom is 0.270 e. The van der Waals surface area contributed by atoms with Crippen molar-refractivity contribution < 1.29 is 4.79 Å². The number of carbonyl (C=O) groups is 1. The molecule has 0 saturated carbocycles. The van der Waals surface area contributed by atoms with E-state index >= 15 is 0 Å². The minimum absolute atomic E-state index is 0.210. The lowest BCUT2D eigenvalue weighted by atomic mass is 10.3. The Morgan fingerprint density at radius 2 is 2.22 bits per heavy atom. The van der Waals surface area contributed by atoms with Gasteiger partial charge in [-0.25, -0.2) is 4.98 Å². The number of hydrogen-bond donors (Lipinski definition) is 2. The summed E-state index contributed by atoms with van der Waals surface area (Å²) in [6.45, 7) is 0.394. The van der Waals surface area contributed by atoms with Crippen molar-refractivity contribution in [2.45, 2.75) is 6.54 Å². The molecule has 2 heterocycles. The number of carbonyl (C=O) groups excluding carboxylic acids is 1. The molecule has 2 N–H and O–H groups in total. The van der Waals surface area contributed by atoms with E-state index in [4.69, 9.17) is 0 Å². The van der Waals surface area contributed by atoms with Gasteiger partial charge in [-0.1, -0.05) is 6.07 Å². The number of nitrogens with one attached hydrogen (secondary N) is 2. The maximum atomic E-state index is 11.9. The first-order valence-electron chi connectivity index (χ1n) is 5.60.